The highest BCUT2D eigenvalue weighted by molar-refractivity contribution is 5.99. The van der Waals surface area contributed by atoms with E-state index in [1.807, 2.05) is 11.0 Å². The van der Waals surface area contributed by atoms with Gasteiger partial charge in [0.05, 0.1) is 31.8 Å². The topological polar surface area (TPSA) is 84.2 Å². The Morgan fingerprint density at radius 3 is 2.43 bits per heavy atom. The maximum Gasteiger partial charge on any atom is 0.254 e. The first-order chi connectivity index (χ1) is 14.7. The molecule has 4 heterocycles. The van der Waals surface area contributed by atoms with Crippen molar-refractivity contribution in [1.82, 2.24) is 10.2 Å². The summed E-state index contributed by atoms with van der Waals surface area (Å²) in [5.41, 5.74) is 1.91. The Morgan fingerprint density at radius 2 is 1.73 bits per heavy atom. The van der Waals surface area contributed by atoms with Crippen molar-refractivity contribution in [2.75, 3.05) is 64.1 Å². The molecule has 5 rings (SSSR count). The fraction of sp³-hybridized carbons (Fsp3) is 0.545. The number of hydrogen-bond donors (Lipinski definition) is 1. The van der Waals surface area contributed by atoms with Gasteiger partial charge in [-0.2, -0.15) is 0 Å². The summed E-state index contributed by atoms with van der Waals surface area (Å²) in [6.07, 6.45) is 2.01. The van der Waals surface area contributed by atoms with Crippen molar-refractivity contribution in [3.05, 3.63) is 39.5 Å². The van der Waals surface area contributed by atoms with Crippen LogP contribution in [0.4, 0.5) is 5.88 Å². The van der Waals surface area contributed by atoms with E-state index in [0.29, 0.717) is 75.0 Å². The summed E-state index contributed by atoms with van der Waals surface area (Å²) in [6.45, 7) is 5.76. The summed E-state index contributed by atoms with van der Waals surface area (Å²) in [7, 11) is 0. The molecule has 3 aliphatic heterocycles. The molecule has 0 aliphatic carbocycles. The molecular weight excluding hydrogens is 386 g/mol. The Hall–Kier alpha value is -2.42. The van der Waals surface area contributed by atoms with Crippen LogP contribution in [-0.2, 0) is 9.47 Å². The first-order valence-corrected chi connectivity index (χ1v) is 10.8. The van der Waals surface area contributed by atoms with Crippen LogP contribution < -0.4 is 15.6 Å². The van der Waals surface area contributed by atoms with E-state index in [4.69, 9.17) is 13.9 Å². The highest BCUT2D eigenvalue weighted by Gasteiger charge is 2.26. The fourth-order valence-corrected chi connectivity index (χ4v) is 4.49. The van der Waals surface area contributed by atoms with E-state index >= 15 is 0 Å². The molecule has 0 saturated carbocycles. The standard InChI is InChI=1S/C22H27N3O5/c26-19-14-20(24-4-8-28-9-5-24)30-21-16(18-2-1-3-23-18)12-15(13-17(19)21)22(27)25-6-10-29-11-7-25/h12-14,18,23H,1-11H2/t18-/m1/s1. The number of morpholine rings is 2. The second-order valence-corrected chi connectivity index (χ2v) is 8.04. The summed E-state index contributed by atoms with van der Waals surface area (Å²) in [4.78, 5) is 30.0. The number of anilines is 1. The zero-order valence-electron chi connectivity index (χ0n) is 17.0. The molecule has 0 unspecified atom stereocenters. The molecule has 3 saturated heterocycles. The van der Waals surface area contributed by atoms with Crippen LogP contribution in [0.5, 0.6) is 0 Å². The maximum absolute atomic E-state index is 13.1. The van der Waals surface area contributed by atoms with Crippen molar-refractivity contribution >= 4 is 22.8 Å². The number of nitrogens with zero attached hydrogens (tertiary/aromatic N) is 2. The molecule has 1 aromatic carbocycles. The highest BCUT2D eigenvalue weighted by Crippen LogP contribution is 2.32. The van der Waals surface area contributed by atoms with Crippen LogP contribution in [0.25, 0.3) is 11.0 Å². The third-order valence-corrected chi connectivity index (χ3v) is 6.15. The van der Waals surface area contributed by atoms with Crippen molar-refractivity contribution in [3.63, 3.8) is 0 Å². The SMILES string of the molecule is O=C(c1cc([C@H]2CCCN2)c2oc(N3CCOCC3)cc(=O)c2c1)N1CCOCC1. The second kappa shape index (κ2) is 8.37. The van der Waals surface area contributed by atoms with Crippen LogP contribution in [0, 0.1) is 0 Å². The Morgan fingerprint density at radius 1 is 1.00 bits per heavy atom. The minimum absolute atomic E-state index is 0.0592. The summed E-state index contributed by atoms with van der Waals surface area (Å²) < 4.78 is 17.1. The van der Waals surface area contributed by atoms with E-state index in [1.165, 1.54) is 0 Å². The predicted molar refractivity (Wildman–Crippen MR) is 112 cm³/mol. The molecule has 1 atom stereocenters. The molecule has 30 heavy (non-hydrogen) atoms. The van der Waals surface area contributed by atoms with Gasteiger partial charge < -0.3 is 29.0 Å². The van der Waals surface area contributed by atoms with E-state index in [-0.39, 0.29) is 17.4 Å². The van der Waals surface area contributed by atoms with Gasteiger partial charge in [0.25, 0.3) is 5.91 Å². The molecule has 2 aromatic rings. The van der Waals surface area contributed by atoms with E-state index in [2.05, 4.69) is 5.32 Å². The van der Waals surface area contributed by atoms with Gasteiger partial charge in [-0.1, -0.05) is 0 Å². The lowest BCUT2D eigenvalue weighted by molar-refractivity contribution is 0.0303. The summed E-state index contributed by atoms with van der Waals surface area (Å²) in [5, 5.41) is 3.96. The number of ether oxygens (including phenoxy) is 2. The van der Waals surface area contributed by atoms with Gasteiger partial charge in [-0.05, 0) is 31.5 Å². The molecule has 3 aliphatic rings. The van der Waals surface area contributed by atoms with Crippen molar-refractivity contribution in [1.29, 1.82) is 0 Å². The Balaban J connectivity index is 1.60. The van der Waals surface area contributed by atoms with Crippen LogP contribution >= 0.6 is 0 Å². The Bertz CT molecular complexity index is 986. The van der Waals surface area contributed by atoms with Gasteiger partial charge in [0.2, 0.25) is 0 Å². The molecular formula is C22H27N3O5. The minimum Gasteiger partial charge on any atom is -0.440 e. The second-order valence-electron chi connectivity index (χ2n) is 8.04. The first-order valence-electron chi connectivity index (χ1n) is 10.8. The Labute approximate surface area is 174 Å². The highest BCUT2D eigenvalue weighted by atomic mass is 16.5. The smallest absolute Gasteiger partial charge is 0.254 e. The van der Waals surface area contributed by atoms with Gasteiger partial charge >= 0.3 is 0 Å². The van der Waals surface area contributed by atoms with Gasteiger partial charge in [0, 0.05) is 49.4 Å². The number of carbonyl (C=O) groups is 1. The third kappa shape index (κ3) is 3.71. The number of benzene rings is 1. The van der Waals surface area contributed by atoms with Gasteiger partial charge in [-0.15, -0.1) is 0 Å². The van der Waals surface area contributed by atoms with Crippen molar-refractivity contribution in [2.24, 2.45) is 0 Å². The van der Waals surface area contributed by atoms with Crippen molar-refractivity contribution < 1.29 is 18.7 Å². The summed E-state index contributed by atoms with van der Waals surface area (Å²) in [6, 6.07) is 5.23. The molecule has 1 N–H and O–H groups in total. The lowest BCUT2D eigenvalue weighted by atomic mass is 9.98. The fourth-order valence-electron chi connectivity index (χ4n) is 4.49. The number of amides is 1. The third-order valence-electron chi connectivity index (χ3n) is 6.15. The van der Waals surface area contributed by atoms with E-state index < -0.39 is 0 Å². The largest absolute Gasteiger partial charge is 0.440 e. The van der Waals surface area contributed by atoms with Gasteiger partial charge in [-0.25, -0.2) is 0 Å². The predicted octanol–water partition coefficient (Wildman–Crippen LogP) is 1.53. The molecule has 160 valence electrons. The summed E-state index contributed by atoms with van der Waals surface area (Å²) >= 11 is 0. The lowest BCUT2D eigenvalue weighted by Crippen LogP contribution is -2.40. The molecule has 0 spiro atoms. The normalized spacial score (nSPS) is 22.6. The average Bonchev–Trinajstić information content (AvgIpc) is 3.34. The first kappa shape index (κ1) is 19.5. The quantitative estimate of drug-likeness (QED) is 0.817. The van der Waals surface area contributed by atoms with Gasteiger partial charge in [-0.3, -0.25) is 9.59 Å². The zero-order chi connectivity index (χ0) is 20.5. The monoisotopic (exact) mass is 413 g/mol. The molecule has 3 fully saturated rings. The van der Waals surface area contributed by atoms with Gasteiger partial charge in [0.1, 0.15) is 5.58 Å². The number of hydrogen-bond acceptors (Lipinski definition) is 7. The number of rotatable bonds is 3. The van der Waals surface area contributed by atoms with Crippen molar-refractivity contribution in [3.8, 4) is 0 Å². The molecule has 8 heteroatoms. The van der Waals surface area contributed by atoms with E-state index in [1.54, 1.807) is 17.0 Å². The molecule has 1 amide bonds. The molecule has 1 aromatic heterocycles. The van der Waals surface area contributed by atoms with Crippen molar-refractivity contribution in [2.45, 2.75) is 18.9 Å². The van der Waals surface area contributed by atoms with Crippen LogP contribution in [0.2, 0.25) is 0 Å². The van der Waals surface area contributed by atoms with Crippen LogP contribution in [0.3, 0.4) is 0 Å². The van der Waals surface area contributed by atoms with E-state index in [9.17, 15) is 9.59 Å². The number of fused-ring (bicyclic) bond motifs is 1. The molecule has 0 radical (unpaired) electrons. The van der Waals surface area contributed by atoms with Gasteiger partial charge in [0.15, 0.2) is 11.3 Å². The molecule has 8 nitrogen and oxygen atoms in total. The molecule has 0 bridgehead atoms. The average molecular weight is 413 g/mol. The van der Waals surface area contributed by atoms with Crippen LogP contribution in [0.1, 0.15) is 34.8 Å². The number of nitrogens with one attached hydrogen (secondary N) is 1. The van der Waals surface area contributed by atoms with Crippen LogP contribution in [-0.4, -0.2) is 70.0 Å². The lowest BCUT2D eigenvalue weighted by Gasteiger charge is -2.28. The van der Waals surface area contributed by atoms with Crippen LogP contribution in [0.15, 0.2) is 27.4 Å². The van der Waals surface area contributed by atoms with E-state index in [0.717, 1.165) is 24.9 Å². The zero-order valence-corrected chi connectivity index (χ0v) is 17.0. The maximum atomic E-state index is 13.1. The summed E-state index contributed by atoms with van der Waals surface area (Å²) in [5.74, 6) is 0.512. The minimum atomic E-state index is -0.117. The Kier molecular flexibility index (Phi) is 5.45. The number of carbonyl (C=O) groups excluding carboxylic acids is 1.